The van der Waals surface area contributed by atoms with E-state index in [1.807, 2.05) is 12.1 Å². The minimum atomic E-state index is -0.0644. The minimum Gasteiger partial charge on any atom is -0.481 e. The second-order valence-corrected chi connectivity index (χ2v) is 5.99. The number of hydrogen-bond acceptors (Lipinski definition) is 2. The number of hydrogen-bond donors (Lipinski definition) is 0. The summed E-state index contributed by atoms with van der Waals surface area (Å²) in [6, 6.07) is 13.3. The van der Waals surface area contributed by atoms with E-state index in [4.69, 9.17) is 27.9 Å². The van der Waals surface area contributed by atoms with Crippen LogP contribution in [0, 0.1) is 0 Å². The van der Waals surface area contributed by atoms with Crippen LogP contribution in [0.25, 0.3) is 0 Å². The minimum absolute atomic E-state index is 0.0639. The van der Waals surface area contributed by atoms with Gasteiger partial charge in [-0.15, -0.1) is 0 Å². The summed E-state index contributed by atoms with van der Waals surface area (Å²) in [6.07, 6.45) is 0.870. The molecule has 2 aromatic carbocycles. The van der Waals surface area contributed by atoms with E-state index in [9.17, 15) is 4.79 Å². The van der Waals surface area contributed by atoms with Crippen LogP contribution in [-0.2, 0) is 17.8 Å². The highest BCUT2D eigenvalue weighted by Crippen LogP contribution is 2.32. The quantitative estimate of drug-likeness (QED) is 0.849. The Kier molecular flexibility index (Phi) is 4.55. The number of benzene rings is 2. The summed E-state index contributed by atoms with van der Waals surface area (Å²) in [5.74, 6) is 0.294. The van der Waals surface area contributed by atoms with E-state index in [-0.39, 0.29) is 12.5 Å². The fourth-order valence-electron chi connectivity index (χ4n) is 2.55. The Balaban J connectivity index is 1.64. The first kappa shape index (κ1) is 15.2. The molecule has 0 spiro atoms. The Bertz CT molecular complexity index is 683. The number of amides is 1. The number of carbonyl (C=O) groups is 1. The third kappa shape index (κ3) is 3.21. The molecule has 0 aromatic heterocycles. The van der Waals surface area contributed by atoms with Crippen molar-refractivity contribution in [1.82, 2.24) is 4.90 Å². The molecule has 22 heavy (non-hydrogen) atoms. The van der Waals surface area contributed by atoms with E-state index in [1.54, 1.807) is 23.1 Å². The molecule has 1 aliphatic heterocycles. The lowest BCUT2D eigenvalue weighted by atomic mass is 10.00. The average Bonchev–Trinajstić information content (AvgIpc) is 2.53. The van der Waals surface area contributed by atoms with Crippen molar-refractivity contribution in [3.8, 4) is 5.75 Å². The maximum absolute atomic E-state index is 12.3. The van der Waals surface area contributed by atoms with Gasteiger partial charge in [0.2, 0.25) is 0 Å². The van der Waals surface area contributed by atoms with Crippen LogP contribution in [-0.4, -0.2) is 24.0 Å². The van der Waals surface area contributed by atoms with E-state index in [0.29, 0.717) is 28.9 Å². The van der Waals surface area contributed by atoms with Crippen molar-refractivity contribution < 1.29 is 9.53 Å². The number of rotatable bonds is 3. The predicted octanol–water partition coefficient (Wildman–Crippen LogP) is 3.96. The Morgan fingerprint density at radius 3 is 2.45 bits per heavy atom. The molecule has 1 amide bonds. The number of halogens is 2. The third-order valence-electron chi connectivity index (χ3n) is 3.74. The molecule has 0 saturated heterocycles. The van der Waals surface area contributed by atoms with Gasteiger partial charge in [0, 0.05) is 13.1 Å². The van der Waals surface area contributed by atoms with E-state index in [1.165, 1.54) is 11.1 Å². The molecule has 0 N–H and O–H groups in total. The molecule has 0 atom stereocenters. The summed E-state index contributed by atoms with van der Waals surface area (Å²) >= 11 is 12.1. The molecule has 3 nitrogen and oxygen atoms in total. The van der Waals surface area contributed by atoms with Crippen LogP contribution in [0.15, 0.2) is 42.5 Å². The second-order valence-electron chi connectivity index (χ2n) is 5.17. The van der Waals surface area contributed by atoms with Crippen LogP contribution in [0.2, 0.25) is 10.0 Å². The molecule has 0 radical (unpaired) electrons. The van der Waals surface area contributed by atoms with Gasteiger partial charge < -0.3 is 9.64 Å². The largest absolute Gasteiger partial charge is 0.481 e. The summed E-state index contributed by atoms with van der Waals surface area (Å²) in [7, 11) is 0. The summed E-state index contributed by atoms with van der Waals surface area (Å²) in [5, 5.41) is 0.813. The van der Waals surface area contributed by atoms with Gasteiger partial charge >= 0.3 is 0 Å². The first-order chi connectivity index (χ1) is 10.6. The van der Waals surface area contributed by atoms with Gasteiger partial charge in [0.15, 0.2) is 12.4 Å². The molecule has 1 aliphatic rings. The van der Waals surface area contributed by atoms with Crippen LogP contribution in [0.3, 0.4) is 0 Å². The van der Waals surface area contributed by atoms with Crippen LogP contribution in [0.1, 0.15) is 11.1 Å². The normalized spacial score (nSPS) is 13.6. The Morgan fingerprint density at radius 1 is 1.05 bits per heavy atom. The topological polar surface area (TPSA) is 29.5 Å². The Labute approximate surface area is 139 Å². The van der Waals surface area contributed by atoms with E-state index >= 15 is 0 Å². The zero-order chi connectivity index (χ0) is 15.5. The molecule has 114 valence electrons. The third-order valence-corrected chi connectivity index (χ3v) is 4.34. The highest BCUT2D eigenvalue weighted by Gasteiger charge is 2.21. The number of carbonyl (C=O) groups excluding carboxylic acids is 1. The highest BCUT2D eigenvalue weighted by atomic mass is 35.5. The molecule has 0 fully saturated rings. The molecule has 1 heterocycles. The lowest BCUT2D eigenvalue weighted by Gasteiger charge is -2.28. The van der Waals surface area contributed by atoms with Gasteiger partial charge in [0.25, 0.3) is 5.91 Å². The van der Waals surface area contributed by atoms with Crippen LogP contribution in [0.4, 0.5) is 0 Å². The van der Waals surface area contributed by atoms with E-state index in [0.717, 1.165) is 6.42 Å². The Morgan fingerprint density at radius 2 is 1.73 bits per heavy atom. The molecule has 2 aromatic rings. The number of nitrogens with zero attached hydrogens (tertiary/aromatic N) is 1. The zero-order valence-corrected chi connectivity index (χ0v) is 13.4. The van der Waals surface area contributed by atoms with Crippen LogP contribution < -0.4 is 4.74 Å². The second kappa shape index (κ2) is 6.59. The molecule has 0 aliphatic carbocycles. The van der Waals surface area contributed by atoms with E-state index < -0.39 is 0 Å². The molecule has 0 bridgehead atoms. The van der Waals surface area contributed by atoms with Gasteiger partial charge in [-0.2, -0.15) is 0 Å². The molecule has 3 rings (SSSR count). The maximum Gasteiger partial charge on any atom is 0.260 e. The number of fused-ring (bicyclic) bond motifs is 1. The summed E-state index contributed by atoms with van der Waals surface area (Å²) < 4.78 is 5.52. The predicted molar refractivity (Wildman–Crippen MR) is 87.5 cm³/mol. The first-order valence-corrected chi connectivity index (χ1v) is 7.82. The zero-order valence-electron chi connectivity index (χ0n) is 11.9. The fourth-order valence-corrected chi connectivity index (χ4v) is 3.06. The molecule has 5 heteroatoms. The van der Waals surface area contributed by atoms with Crippen molar-refractivity contribution in [2.45, 2.75) is 13.0 Å². The summed E-state index contributed by atoms with van der Waals surface area (Å²) in [5.41, 5.74) is 2.50. The van der Waals surface area contributed by atoms with Crippen molar-refractivity contribution in [3.63, 3.8) is 0 Å². The van der Waals surface area contributed by atoms with Gasteiger partial charge in [0.05, 0.1) is 10.0 Å². The van der Waals surface area contributed by atoms with Gasteiger partial charge in [-0.25, -0.2) is 0 Å². The maximum atomic E-state index is 12.3. The van der Waals surface area contributed by atoms with Crippen molar-refractivity contribution in [2.75, 3.05) is 13.2 Å². The van der Waals surface area contributed by atoms with Gasteiger partial charge in [-0.1, -0.05) is 53.5 Å². The molecule has 0 saturated carbocycles. The Hall–Kier alpha value is -1.71. The van der Waals surface area contributed by atoms with Gasteiger partial charge in [-0.3, -0.25) is 4.79 Å². The van der Waals surface area contributed by atoms with Crippen LogP contribution in [0.5, 0.6) is 5.75 Å². The monoisotopic (exact) mass is 335 g/mol. The standard InChI is InChI=1S/C17H15Cl2NO2/c18-14-6-3-7-15(19)17(14)22-11-16(21)20-9-8-12-4-1-2-5-13(12)10-20/h1-7H,8-11H2. The SMILES string of the molecule is O=C(COc1c(Cl)cccc1Cl)N1CCc2ccccc2C1. The summed E-state index contributed by atoms with van der Waals surface area (Å²) in [4.78, 5) is 14.1. The number of para-hydroxylation sites is 1. The molecular weight excluding hydrogens is 321 g/mol. The molecule has 0 unspecified atom stereocenters. The average molecular weight is 336 g/mol. The highest BCUT2D eigenvalue weighted by molar-refractivity contribution is 6.37. The fraction of sp³-hybridized carbons (Fsp3) is 0.235. The van der Waals surface area contributed by atoms with Crippen molar-refractivity contribution in [3.05, 3.63) is 63.6 Å². The number of ether oxygens (including phenoxy) is 1. The summed E-state index contributed by atoms with van der Waals surface area (Å²) in [6.45, 7) is 1.26. The van der Waals surface area contributed by atoms with Crippen molar-refractivity contribution in [1.29, 1.82) is 0 Å². The van der Waals surface area contributed by atoms with Crippen molar-refractivity contribution >= 4 is 29.1 Å². The van der Waals surface area contributed by atoms with E-state index in [2.05, 4.69) is 12.1 Å². The van der Waals surface area contributed by atoms with Gasteiger partial charge in [0.1, 0.15) is 0 Å². The van der Waals surface area contributed by atoms with Crippen molar-refractivity contribution in [2.24, 2.45) is 0 Å². The molecular formula is C17H15Cl2NO2. The van der Waals surface area contributed by atoms with Gasteiger partial charge in [-0.05, 0) is 29.7 Å². The first-order valence-electron chi connectivity index (χ1n) is 7.06. The smallest absolute Gasteiger partial charge is 0.260 e. The lowest BCUT2D eigenvalue weighted by Crippen LogP contribution is -2.38. The lowest BCUT2D eigenvalue weighted by molar-refractivity contribution is -0.134. The van der Waals surface area contributed by atoms with Crippen LogP contribution >= 0.6 is 23.2 Å².